The monoisotopic (exact) mass is 354 g/mol. The minimum absolute atomic E-state index is 0.0627. The van der Waals surface area contributed by atoms with Gasteiger partial charge in [0.25, 0.3) is 5.91 Å². The van der Waals surface area contributed by atoms with E-state index < -0.39 is 11.9 Å². The van der Waals surface area contributed by atoms with Crippen LogP contribution < -0.4 is 5.32 Å². The third-order valence-electron chi connectivity index (χ3n) is 3.82. The quantitative estimate of drug-likeness (QED) is 0.666. The fourth-order valence-corrected chi connectivity index (χ4v) is 2.89. The van der Waals surface area contributed by atoms with E-state index in [1.807, 2.05) is 28.8 Å². The van der Waals surface area contributed by atoms with Gasteiger partial charge < -0.3 is 15.0 Å². The van der Waals surface area contributed by atoms with Crippen LogP contribution >= 0.6 is 11.6 Å². The normalized spacial score (nSPS) is 10.6. The number of hydrogen-bond acceptors (Lipinski definition) is 2. The maximum absolute atomic E-state index is 12.7. The lowest BCUT2D eigenvalue weighted by atomic mass is 10.1. The molecule has 0 aliphatic rings. The van der Waals surface area contributed by atoms with Crippen LogP contribution in [0.1, 0.15) is 20.8 Å². The van der Waals surface area contributed by atoms with Gasteiger partial charge in [-0.05, 0) is 30.3 Å². The second kappa shape index (κ2) is 6.83. The van der Waals surface area contributed by atoms with E-state index in [9.17, 15) is 14.7 Å². The topological polar surface area (TPSA) is 71.3 Å². The number of carbonyl (C=O) groups excluding carboxylic acids is 1. The molecule has 0 spiro atoms. The molecule has 0 aliphatic heterocycles. The minimum atomic E-state index is -1.16. The van der Waals surface area contributed by atoms with E-state index >= 15 is 0 Å². The van der Waals surface area contributed by atoms with Gasteiger partial charge in [0.05, 0.1) is 11.3 Å². The highest BCUT2D eigenvalue weighted by molar-refractivity contribution is 6.31. The van der Waals surface area contributed by atoms with E-state index in [0.29, 0.717) is 12.2 Å². The molecular formula is C19H15ClN2O3. The number of carboxylic acid groups (broad SMARTS) is 1. The van der Waals surface area contributed by atoms with E-state index in [1.165, 1.54) is 18.2 Å². The van der Waals surface area contributed by atoms with Gasteiger partial charge in [0.1, 0.15) is 5.69 Å². The number of carbonyl (C=O) groups is 2. The molecule has 0 bridgehead atoms. The van der Waals surface area contributed by atoms with Gasteiger partial charge in [-0.2, -0.15) is 0 Å². The van der Waals surface area contributed by atoms with Crippen molar-refractivity contribution in [3.63, 3.8) is 0 Å². The third-order valence-corrected chi connectivity index (χ3v) is 4.05. The maximum atomic E-state index is 12.7. The smallest absolute Gasteiger partial charge is 0.337 e. The zero-order valence-electron chi connectivity index (χ0n) is 13.2. The molecule has 0 fully saturated rings. The largest absolute Gasteiger partial charge is 0.478 e. The van der Waals surface area contributed by atoms with E-state index in [2.05, 4.69) is 11.9 Å². The van der Waals surface area contributed by atoms with Crippen LogP contribution in [-0.4, -0.2) is 21.6 Å². The lowest BCUT2D eigenvalue weighted by Gasteiger charge is -2.11. The number of fused-ring (bicyclic) bond motifs is 1. The van der Waals surface area contributed by atoms with Crippen LogP contribution in [0.15, 0.2) is 61.2 Å². The van der Waals surface area contributed by atoms with Crippen LogP contribution in [0.2, 0.25) is 5.02 Å². The number of aromatic carboxylic acids is 1. The summed E-state index contributed by atoms with van der Waals surface area (Å²) < 4.78 is 1.83. The standard InChI is InChI=1S/C19H15ClN2O3/c1-2-9-22-16-6-4-3-5-12(16)10-17(22)18(23)21-15-8-7-13(20)11-14(15)19(24)25/h2-8,10-11H,1,9H2,(H,21,23)(H,24,25). The van der Waals surface area contributed by atoms with Crippen molar-refractivity contribution in [1.82, 2.24) is 4.57 Å². The molecule has 0 saturated carbocycles. The molecule has 1 amide bonds. The number of nitrogens with zero attached hydrogens (tertiary/aromatic N) is 1. The predicted molar refractivity (Wildman–Crippen MR) is 98.5 cm³/mol. The molecular weight excluding hydrogens is 340 g/mol. The van der Waals surface area contributed by atoms with Gasteiger partial charge in [0, 0.05) is 22.5 Å². The number of carboxylic acids is 1. The van der Waals surface area contributed by atoms with E-state index in [1.54, 1.807) is 12.1 Å². The van der Waals surface area contributed by atoms with Gasteiger partial charge in [-0.3, -0.25) is 4.79 Å². The summed E-state index contributed by atoms with van der Waals surface area (Å²) >= 11 is 5.84. The summed E-state index contributed by atoms with van der Waals surface area (Å²) in [7, 11) is 0. The molecule has 6 heteroatoms. The van der Waals surface area contributed by atoms with Gasteiger partial charge in [-0.15, -0.1) is 6.58 Å². The molecule has 0 radical (unpaired) electrons. The molecule has 0 unspecified atom stereocenters. The van der Waals surface area contributed by atoms with Crippen LogP contribution in [0.5, 0.6) is 0 Å². The van der Waals surface area contributed by atoms with E-state index in [4.69, 9.17) is 11.6 Å². The van der Waals surface area contributed by atoms with Crippen molar-refractivity contribution in [2.24, 2.45) is 0 Å². The van der Waals surface area contributed by atoms with E-state index in [0.717, 1.165) is 10.9 Å². The van der Waals surface area contributed by atoms with Crippen molar-refractivity contribution in [3.05, 3.63) is 77.5 Å². The minimum Gasteiger partial charge on any atom is -0.478 e. The van der Waals surface area contributed by atoms with Gasteiger partial charge >= 0.3 is 5.97 Å². The number of nitrogens with one attached hydrogen (secondary N) is 1. The summed E-state index contributed by atoms with van der Waals surface area (Å²) in [6, 6.07) is 13.7. The first-order valence-corrected chi connectivity index (χ1v) is 7.92. The number of hydrogen-bond donors (Lipinski definition) is 2. The lowest BCUT2D eigenvalue weighted by molar-refractivity contribution is 0.0698. The molecule has 1 heterocycles. The average molecular weight is 355 g/mol. The zero-order chi connectivity index (χ0) is 18.0. The summed E-state index contributed by atoms with van der Waals surface area (Å²) in [6.07, 6.45) is 1.70. The fraction of sp³-hybridized carbons (Fsp3) is 0.0526. The van der Waals surface area contributed by atoms with Crippen molar-refractivity contribution in [3.8, 4) is 0 Å². The first-order chi connectivity index (χ1) is 12.0. The number of halogens is 1. The molecule has 2 N–H and O–H groups in total. The molecule has 3 aromatic rings. The van der Waals surface area contributed by atoms with Crippen LogP contribution in [0, 0.1) is 0 Å². The van der Waals surface area contributed by atoms with Gasteiger partial charge in [0.15, 0.2) is 0 Å². The second-order valence-corrected chi connectivity index (χ2v) is 5.87. The van der Waals surface area contributed by atoms with Crippen LogP contribution in [0.25, 0.3) is 10.9 Å². The zero-order valence-corrected chi connectivity index (χ0v) is 14.0. The van der Waals surface area contributed by atoms with Crippen molar-refractivity contribution < 1.29 is 14.7 Å². The number of benzene rings is 2. The maximum Gasteiger partial charge on any atom is 0.337 e. The fourth-order valence-electron chi connectivity index (χ4n) is 2.71. The molecule has 5 nitrogen and oxygen atoms in total. The summed E-state index contributed by atoms with van der Waals surface area (Å²) in [5, 5.41) is 13.2. The van der Waals surface area contributed by atoms with Crippen LogP contribution in [0.3, 0.4) is 0 Å². The Morgan fingerprint density at radius 1 is 1.20 bits per heavy atom. The number of para-hydroxylation sites is 1. The van der Waals surface area contributed by atoms with Crippen molar-refractivity contribution in [1.29, 1.82) is 0 Å². The molecule has 0 atom stereocenters. The third kappa shape index (κ3) is 3.27. The second-order valence-electron chi connectivity index (χ2n) is 5.44. The highest BCUT2D eigenvalue weighted by Crippen LogP contribution is 2.24. The summed E-state index contributed by atoms with van der Waals surface area (Å²) in [5.74, 6) is -1.56. The lowest BCUT2D eigenvalue weighted by Crippen LogP contribution is -2.18. The van der Waals surface area contributed by atoms with Crippen LogP contribution in [-0.2, 0) is 6.54 Å². The van der Waals surface area contributed by atoms with Crippen molar-refractivity contribution >= 4 is 40.1 Å². The molecule has 0 aliphatic carbocycles. The number of anilines is 1. The summed E-state index contributed by atoms with van der Waals surface area (Å²) in [6.45, 7) is 4.19. The number of allylic oxidation sites excluding steroid dienone is 1. The van der Waals surface area contributed by atoms with Crippen molar-refractivity contribution in [2.75, 3.05) is 5.32 Å². The predicted octanol–water partition coefficient (Wildman–Crippen LogP) is 4.43. The van der Waals surface area contributed by atoms with Gasteiger partial charge in [-0.25, -0.2) is 4.79 Å². The molecule has 0 saturated heterocycles. The molecule has 1 aromatic heterocycles. The number of rotatable bonds is 5. The Morgan fingerprint density at radius 2 is 1.96 bits per heavy atom. The highest BCUT2D eigenvalue weighted by atomic mass is 35.5. The Balaban J connectivity index is 2.02. The molecule has 25 heavy (non-hydrogen) atoms. The Bertz CT molecular complexity index is 991. The first kappa shape index (κ1) is 16.8. The molecule has 3 rings (SSSR count). The Labute approximate surface area is 149 Å². The first-order valence-electron chi connectivity index (χ1n) is 7.54. The highest BCUT2D eigenvalue weighted by Gasteiger charge is 2.18. The van der Waals surface area contributed by atoms with Gasteiger partial charge in [0.2, 0.25) is 0 Å². The summed E-state index contributed by atoms with van der Waals surface area (Å²) in [5.41, 5.74) is 1.46. The molecule has 2 aromatic carbocycles. The number of amides is 1. The van der Waals surface area contributed by atoms with Gasteiger partial charge in [-0.1, -0.05) is 35.9 Å². The Hall–Kier alpha value is -3.05. The van der Waals surface area contributed by atoms with Crippen molar-refractivity contribution in [2.45, 2.75) is 6.54 Å². The van der Waals surface area contributed by atoms with E-state index in [-0.39, 0.29) is 16.3 Å². The molecule has 126 valence electrons. The summed E-state index contributed by atoms with van der Waals surface area (Å²) in [4.78, 5) is 24.1. The Morgan fingerprint density at radius 3 is 2.68 bits per heavy atom. The Kier molecular flexibility index (Phi) is 4.59. The van der Waals surface area contributed by atoms with Crippen LogP contribution in [0.4, 0.5) is 5.69 Å². The number of aromatic nitrogens is 1. The average Bonchev–Trinajstić information content (AvgIpc) is 2.95. The SMILES string of the molecule is C=CCn1c(C(=O)Nc2ccc(Cl)cc2C(=O)O)cc2ccccc21.